The van der Waals surface area contributed by atoms with Crippen molar-refractivity contribution in [3.63, 3.8) is 0 Å². The lowest BCUT2D eigenvalue weighted by molar-refractivity contribution is -0.141. The molecule has 2 rings (SSSR count). The zero-order chi connectivity index (χ0) is 28.1. The van der Waals surface area contributed by atoms with Crippen molar-refractivity contribution < 1.29 is 29.7 Å². The van der Waals surface area contributed by atoms with E-state index < -0.39 is 17.9 Å². The molecule has 38 heavy (non-hydrogen) atoms. The quantitative estimate of drug-likeness (QED) is 0.276. The van der Waals surface area contributed by atoms with Gasteiger partial charge in [0.25, 0.3) is 0 Å². The number of benzene rings is 1. The summed E-state index contributed by atoms with van der Waals surface area (Å²) in [5, 5.41) is 39.4. The molecule has 0 radical (unpaired) electrons. The summed E-state index contributed by atoms with van der Waals surface area (Å²) in [5.41, 5.74) is 1.88. The lowest BCUT2D eigenvalue weighted by atomic mass is 10.0. The molecule has 1 aromatic rings. The molecule has 0 bridgehead atoms. The minimum atomic E-state index is -1.03. The molecule has 0 amide bonds. The summed E-state index contributed by atoms with van der Waals surface area (Å²) < 4.78 is 0. The Morgan fingerprint density at radius 1 is 1.03 bits per heavy atom. The molecule has 12 heteroatoms. The fourth-order valence-corrected chi connectivity index (χ4v) is 4.63. The van der Waals surface area contributed by atoms with Crippen molar-refractivity contribution in [2.75, 3.05) is 52.4 Å². The van der Waals surface area contributed by atoms with E-state index in [2.05, 4.69) is 18.2 Å². The second-order valence-electron chi connectivity index (χ2n) is 8.94. The van der Waals surface area contributed by atoms with Crippen LogP contribution >= 0.6 is 11.8 Å². The summed E-state index contributed by atoms with van der Waals surface area (Å²) in [5.74, 6) is -3.08. The van der Waals surface area contributed by atoms with E-state index in [-0.39, 0.29) is 58.4 Å². The van der Waals surface area contributed by atoms with Crippen molar-refractivity contribution in [1.82, 2.24) is 14.7 Å². The topological polar surface area (TPSA) is 158 Å². The van der Waals surface area contributed by atoms with E-state index in [0.29, 0.717) is 24.3 Å². The van der Waals surface area contributed by atoms with Crippen molar-refractivity contribution >= 4 is 35.4 Å². The summed E-state index contributed by atoms with van der Waals surface area (Å²) in [6, 6.07) is 7.16. The van der Waals surface area contributed by atoms with Gasteiger partial charge in [0, 0.05) is 49.4 Å². The fraction of sp³-hybridized carbons (Fsp3) is 0.423. The van der Waals surface area contributed by atoms with Gasteiger partial charge in [-0.25, -0.2) is 0 Å². The Morgan fingerprint density at radius 3 is 2.21 bits per heavy atom. The number of carboxylic acid groups (broad SMARTS) is 3. The van der Waals surface area contributed by atoms with E-state index in [4.69, 9.17) is 5.26 Å². The normalized spacial score (nSPS) is 18.4. The molecule has 1 atom stereocenters. The molecule has 0 spiro atoms. The standard InChI is InChI=1S/C26H33N5O6S/c1-3-21-13-31(17-26(36)37)22(7-4-20-5-8-23(9-6-20)38-18-27)14-30(16-25(34)35)11-10-29(15-24(32)33)12-19(2)28-21/h3,5-6,8-9,22H,1-2,4,7,10-17H2,(H,32,33)(H,34,35)(H,36,37). The molecule has 0 aromatic heterocycles. The van der Waals surface area contributed by atoms with Gasteiger partial charge in [0.1, 0.15) is 5.40 Å². The van der Waals surface area contributed by atoms with Crippen molar-refractivity contribution in [1.29, 1.82) is 5.26 Å². The molecule has 0 saturated heterocycles. The Balaban J connectivity index is 2.40. The van der Waals surface area contributed by atoms with Gasteiger partial charge in [-0.3, -0.25) is 34.1 Å². The summed E-state index contributed by atoms with van der Waals surface area (Å²) in [7, 11) is 0. The van der Waals surface area contributed by atoms with Crippen LogP contribution in [0.5, 0.6) is 0 Å². The number of thiocyanates is 1. The first-order valence-electron chi connectivity index (χ1n) is 12.0. The van der Waals surface area contributed by atoms with Crippen LogP contribution in [0.4, 0.5) is 0 Å². The van der Waals surface area contributed by atoms with Crippen molar-refractivity contribution in [2.45, 2.75) is 23.8 Å². The molecule has 0 aliphatic carbocycles. The Bertz CT molecular complexity index is 1080. The van der Waals surface area contributed by atoms with Crippen molar-refractivity contribution in [3.05, 3.63) is 54.8 Å². The van der Waals surface area contributed by atoms with E-state index in [1.165, 1.54) is 6.08 Å². The Labute approximate surface area is 226 Å². The number of nitrogens with zero attached hydrogens (tertiary/aromatic N) is 5. The molecule has 204 valence electrons. The number of aryl methyl sites for hydroxylation is 1. The van der Waals surface area contributed by atoms with Gasteiger partial charge in [-0.05, 0) is 48.4 Å². The van der Waals surface area contributed by atoms with Gasteiger partial charge in [-0.1, -0.05) is 25.3 Å². The molecule has 1 aromatic carbocycles. The molecule has 3 N–H and O–H groups in total. The Hall–Kier alpha value is -3.50. The van der Waals surface area contributed by atoms with Crippen LogP contribution in [0.25, 0.3) is 0 Å². The molecule has 1 aliphatic rings. The fourth-order valence-electron chi connectivity index (χ4n) is 4.25. The van der Waals surface area contributed by atoms with Crippen LogP contribution in [0.15, 0.2) is 59.1 Å². The number of thioether (sulfide) groups is 1. The number of aliphatic imine (C=N–C) groups is 1. The monoisotopic (exact) mass is 543 g/mol. The highest BCUT2D eigenvalue weighted by molar-refractivity contribution is 8.03. The predicted molar refractivity (Wildman–Crippen MR) is 144 cm³/mol. The van der Waals surface area contributed by atoms with Gasteiger partial charge in [-0.15, -0.1) is 0 Å². The maximum absolute atomic E-state index is 11.8. The number of nitriles is 1. The number of carbonyl (C=O) groups is 3. The summed E-state index contributed by atoms with van der Waals surface area (Å²) in [4.78, 5) is 45.3. The molecule has 11 nitrogen and oxygen atoms in total. The Morgan fingerprint density at radius 2 is 1.63 bits per heavy atom. The van der Waals surface area contributed by atoms with Gasteiger partial charge in [0.15, 0.2) is 0 Å². The number of aliphatic carboxylic acids is 3. The smallest absolute Gasteiger partial charge is 0.317 e. The Kier molecular flexibility index (Phi) is 12.7. The van der Waals surface area contributed by atoms with E-state index >= 15 is 0 Å². The summed E-state index contributed by atoms with van der Waals surface area (Å²) >= 11 is 1.06. The highest BCUT2D eigenvalue weighted by Gasteiger charge is 2.26. The van der Waals surface area contributed by atoms with Gasteiger partial charge < -0.3 is 15.3 Å². The third kappa shape index (κ3) is 11.3. The molecule has 1 aliphatic heterocycles. The molecule has 0 saturated carbocycles. The van der Waals surface area contributed by atoms with Crippen LogP contribution in [0.1, 0.15) is 12.0 Å². The highest BCUT2D eigenvalue weighted by Crippen LogP contribution is 2.19. The molecular formula is C26H33N5O6S. The van der Waals surface area contributed by atoms with Gasteiger partial charge in [0.2, 0.25) is 0 Å². The van der Waals surface area contributed by atoms with Crippen LogP contribution in [0.3, 0.4) is 0 Å². The lowest BCUT2D eigenvalue weighted by Gasteiger charge is -2.36. The highest BCUT2D eigenvalue weighted by atomic mass is 32.2. The molecular weight excluding hydrogens is 510 g/mol. The SMILES string of the molecule is C=CC1=NC(=C)CN(CC(=O)O)CCN(CC(=O)O)CC(CCc2ccc(SC#N)cc2)N(CC(=O)O)C1. The van der Waals surface area contributed by atoms with Crippen molar-refractivity contribution in [3.8, 4) is 5.40 Å². The average Bonchev–Trinajstić information content (AvgIpc) is 2.83. The first-order valence-corrected chi connectivity index (χ1v) is 12.8. The van der Waals surface area contributed by atoms with Crippen LogP contribution < -0.4 is 0 Å². The average molecular weight is 544 g/mol. The van der Waals surface area contributed by atoms with Crippen LogP contribution in [-0.4, -0.2) is 112 Å². The molecule has 0 fully saturated rings. The van der Waals surface area contributed by atoms with Gasteiger partial charge in [-0.2, -0.15) is 5.26 Å². The number of rotatable bonds is 11. The zero-order valence-corrected chi connectivity index (χ0v) is 22.0. The summed E-state index contributed by atoms with van der Waals surface area (Å²) in [6.07, 6.45) is 2.64. The van der Waals surface area contributed by atoms with E-state index in [9.17, 15) is 29.7 Å². The number of hydrogen-bond donors (Lipinski definition) is 3. The second kappa shape index (κ2) is 15.7. The van der Waals surface area contributed by atoms with Gasteiger partial charge in [0.05, 0.1) is 25.3 Å². The van der Waals surface area contributed by atoms with Crippen molar-refractivity contribution in [2.24, 2.45) is 4.99 Å². The lowest BCUT2D eigenvalue weighted by Crippen LogP contribution is -2.51. The predicted octanol–water partition coefficient (Wildman–Crippen LogP) is 1.88. The maximum atomic E-state index is 11.8. The zero-order valence-electron chi connectivity index (χ0n) is 21.2. The van der Waals surface area contributed by atoms with E-state index in [0.717, 1.165) is 22.2 Å². The van der Waals surface area contributed by atoms with Crippen LogP contribution in [-0.2, 0) is 20.8 Å². The minimum absolute atomic E-state index is 0.150. The molecule has 1 heterocycles. The van der Waals surface area contributed by atoms with E-state index in [1.807, 2.05) is 29.7 Å². The van der Waals surface area contributed by atoms with E-state index in [1.54, 1.807) is 14.7 Å². The first kappa shape index (κ1) is 30.7. The third-order valence-corrected chi connectivity index (χ3v) is 6.53. The van der Waals surface area contributed by atoms with Gasteiger partial charge >= 0.3 is 17.9 Å². The molecule has 1 unspecified atom stereocenters. The largest absolute Gasteiger partial charge is 0.480 e. The first-order chi connectivity index (χ1) is 18.1. The van der Waals surface area contributed by atoms with Crippen LogP contribution in [0, 0.1) is 10.7 Å². The number of carboxylic acids is 3. The maximum Gasteiger partial charge on any atom is 0.317 e. The summed E-state index contributed by atoms with van der Waals surface area (Å²) in [6.45, 7) is 8.01. The second-order valence-corrected chi connectivity index (χ2v) is 9.79. The third-order valence-electron chi connectivity index (χ3n) is 5.94. The van der Waals surface area contributed by atoms with Crippen LogP contribution in [0.2, 0.25) is 0 Å². The minimum Gasteiger partial charge on any atom is -0.480 e. The number of hydrogen-bond acceptors (Lipinski definition) is 9.